The van der Waals surface area contributed by atoms with E-state index in [-0.39, 0.29) is 5.69 Å². The molecule has 0 bridgehead atoms. The molecule has 8 heteroatoms. The van der Waals surface area contributed by atoms with Gasteiger partial charge in [-0.2, -0.15) is 9.49 Å². The van der Waals surface area contributed by atoms with Crippen molar-refractivity contribution < 1.29 is 23.8 Å². The average Bonchev–Trinajstić information content (AvgIpc) is 3.09. The third-order valence-corrected chi connectivity index (χ3v) is 5.23. The Morgan fingerprint density at radius 2 is 1.93 bits per heavy atom. The number of carbonyl (C=O) groups is 1. The molecule has 140 valence electrons. The maximum Gasteiger partial charge on any atom is 0.314 e. The van der Waals surface area contributed by atoms with Gasteiger partial charge in [-0.15, -0.1) is 0 Å². The first-order chi connectivity index (χ1) is 12.9. The summed E-state index contributed by atoms with van der Waals surface area (Å²) in [6.07, 6.45) is 2.51. The summed E-state index contributed by atoms with van der Waals surface area (Å²) in [5, 5.41) is 27.4. The van der Waals surface area contributed by atoms with Crippen LogP contribution in [0, 0.1) is 11.6 Å². The number of nitrogens with one attached hydrogen (secondary N) is 1. The number of fused-ring (bicyclic) bond motifs is 1. The zero-order valence-corrected chi connectivity index (χ0v) is 14.2. The SMILES string of the molecule is O=C(O)C1(c2ccc3c(cnn3-c3cc(O)c(F)c(F)c3)c2)CCNCC1. The maximum atomic E-state index is 13.6. The van der Waals surface area contributed by atoms with Gasteiger partial charge in [-0.3, -0.25) is 4.79 Å². The minimum atomic E-state index is -1.31. The Morgan fingerprint density at radius 1 is 1.19 bits per heavy atom. The zero-order valence-electron chi connectivity index (χ0n) is 14.2. The summed E-state index contributed by atoms with van der Waals surface area (Å²) < 4.78 is 28.3. The number of aromatic hydroxyl groups is 1. The first kappa shape index (κ1) is 17.4. The Kier molecular flexibility index (Phi) is 4.07. The van der Waals surface area contributed by atoms with Crippen LogP contribution in [0.4, 0.5) is 8.78 Å². The summed E-state index contributed by atoms with van der Waals surface area (Å²) in [4.78, 5) is 12.0. The standard InChI is InChI=1S/C19H17F2N3O3/c20-14-8-13(9-16(25)17(14)21)24-15-2-1-12(7-11(15)10-23-24)19(18(26)27)3-5-22-6-4-19/h1-2,7-10,22,25H,3-6H2,(H,26,27). The largest absolute Gasteiger partial charge is 0.505 e. The number of hydrogen-bond acceptors (Lipinski definition) is 4. The average molecular weight is 373 g/mol. The number of hydrogen-bond donors (Lipinski definition) is 3. The maximum absolute atomic E-state index is 13.6. The van der Waals surface area contributed by atoms with Gasteiger partial charge in [-0.25, -0.2) is 9.07 Å². The molecule has 0 saturated carbocycles. The molecular weight excluding hydrogens is 356 g/mol. The lowest BCUT2D eigenvalue weighted by molar-refractivity contribution is -0.145. The molecule has 3 N–H and O–H groups in total. The van der Waals surface area contributed by atoms with Crippen molar-refractivity contribution in [1.82, 2.24) is 15.1 Å². The van der Waals surface area contributed by atoms with Gasteiger partial charge in [0.05, 0.1) is 22.8 Å². The highest BCUT2D eigenvalue weighted by molar-refractivity contribution is 5.86. The molecule has 1 saturated heterocycles. The lowest BCUT2D eigenvalue weighted by Gasteiger charge is -2.34. The number of piperidine rings is 1. The van der Waals surface area contributed by atoms with Crippen molar-refractivity contribution in [3.63, 3.8) is 0 Å². The first-order valence-electron chi connectivity index (χ1n) is 8.53. The van der Waals surface area contributed by atoms with Gasteiger partial charge in [0.1, 0.15) is 0 Å². The molecule has 1 fully saturated rings. The summed E-state index contributed by atoms with van der Waals surface area (Å²) >= 11 is 0. The van der Waals surface area contributed by atoms with E-state index < -0.39 is 28.8 Å². The number of benzene rings is 2. The second-order valence-corrected chi connectivity index (χ2v) is 6.73. The number of aliphatic carboxylic acids is 1. The van der Waals surface area contributed by atoms with Gasteiger partial charge in [-0.1, -0.05) is 6.07 Å². The minimum absolute atomic E-state index is 0.170. The molecule has 3 aromatic rings. The van der Waals surface area contributed by atoms with E-state index in [1.807, 2.05) is 0 Å². The van der Waals surface area contributed by atoms with Crippen molar-refractivity contribution in [2.24, 2.45) is 0 Å². The van der Waals surface area contributed by atoms with E-state index >= 15 is 0 Å². The second-order valence-electron chi connectivity index (χ2n) is 6.73. The van der Waals surface area contributed by atoms with Crippen molar-refractivity contribution in [2.75, 3.05) is 13.1 Å². The van der Waals surface area contributed by atoms with Crippen molar-refractivity contribution in [3.05, 3.63) is 53.7 Å². The van der Waals surface area contributed by atoms with Gasteiger partial charge in [-0.05, 0) is 43.6 Å². The highest BCUT2D eigenvalue weighted by Gasteiger charge is 2.41. The van der Waals surface area contributed by atoms with Crippen LogP contribution in [0.15, 0.2) is 36.5 Å². The van der Waals surface area contributed by atoms with Crippen LogP contribution >= 0.6 is 0 Å². The number of halogens is 2. The van der Waals surface area contributed by atoms with E-state index in [1.54, 1.807) is 18.2 Å². The molecule has 2 aromatic carbocycles. The number of phenolic OH excluding ortho intramolecular Hbond substituents is 1. The van der Waals surface area contributed by atoms with Crippen LogP contribution < -0.4 is 5.32 Å². The number of rotatable bonds is 3. The third-order valence-electron chi connectivity index (χ3n) is 5.23. The lowest BCUT2D eigenvalue weighted by Crippen LogP contribution is -2.45. The van der Waals surface area contributed by atoms with E-state index in [2.05, 4.69) is 10.4 Å². The molecule has 0 amide bonds. The van der Waals surface area contributed by atoms with Crippen LogP contribution in [-0.2, 0) is 10.2 Å². The Labute approximate surface area is 153 Å². The molecule has 4 rings (SSSR count). The molecule has 0 unspecified atom stereocenters. The molecule has 27 heavy (non-hydrogen) atoms. The van der Waals surface area contributed by atoms with Crippen molar-refractivity contribution in [1.29, 1.82) is 0 Å². The van der Waals surface area contributed by atoms with Crippen molar-refractivity contribution >= 4 is 16.9 Å². The van der Waals surface area contributed by atoms with Gasteiger partial charge in [0.15, 0.2) is 17.4 Å². The Bertz CT molecular complexity index is 1020. The summed E-state index contributed by atoms with van der Waals surface area (Å²) in [5.41, 5.74) is 0.501. The van der Waals surface area contributed by atoms with E-state index in [1.165, 1.54) is 10.9 Å². The molecule has 6 nitrogen and oxygen atoms in total. The predicted molar refractivity (Wildman–Crippen MR) is 94.1 cm³/mol. The fraction of sp³-hybridized carbons (Fsp3) is 0.263. The molecule has 1 aliphatic heterocycles. The molecule has 0 aliphatic carbocycles. The zero-order chi connectivity index (χ0) is 19.2. The summed E-state index contributed by atoms with van der Waals surface area (Å²) in [5.74, 6) is -4.15. The molecule has 1 aromatic heterocycles. The molecule has 0 atom stereocenters. The summed E-state index contributed by atoms with van der Waals surface area (Å²) in [6, 6.07) is 7.26. The normalized spacial score (nSPS) is 16.5. The van der Waals surface area contributed by atoms with Crippen LogP contribution in [-0.4, -0.2) is 39.1 Å². The van der Waals surface area contributed by atoms with Crippen molar-refractivity contribution in [2.45, 2.75) is 18.3 Å². The van der Waals surface area contributed by atoms with Gasteiger partial charge >= 0.3 is 5.97 Å². The number of phenols is 1. The Balaban J connectivity index is 1.81. The summed E-state index contributed by atoms with van der Waals surface area (Å²) in [7, 11) is 0. The van der Waals surface area contributed by atoms with E-state index in [9.17, 15) is 23.8 Å². The molecule has 1 aliphatic rings. The van der Waals surface area contributed by atoms with E-state index in [4.69, 9.17) is 0 Å². The Hall–Kier alpha value is -3.00. The highest BCUT2D eigenvalue weighted by Crippen LogP contribution is 2.36. The highest BCUT2D eigenvalue weighted by atomic mass is 19.2. The molecule has 0 radical (unpaired) electrons. The van der Waals surface area contributed by atoms with Crippen LogP contribution in [0.2, 0.25) is 0 Å². The lowest BCUT2D eigenvalue weighted by atomic mass is 9.73. The molecular formula is C19H17F2N3O3. The second kappa shape index (κ2) is 6.31. The number of aromatic nitrogens is 2. The van der Waals surface area contributed by atoms with Crippen molar-refractivity contribution in [3.8, 4) is 11.4 Å². The first-order valence-corrected chi connectivity index (χ1v) is 8.53. The fourth-order valence-corrected chi connectivity index (χ4v) is 3.70. The number of carboxylic acid groups (broad SMARTS) is 1. The van der Waals surface area contributed by atoms with E-state index in [0.717, 1.165) is 12.1 Å². The van der Waals surface area contributed by atoms with Crippen LogP contribution in [0.1, 0.15) is 18.4 Å². The van der Waals surface area contributed by atoms with Gasteiger partial charge in [0, 0.05) is 17.5 Å². The fourth-order valence-electron chi connectivity index (χ4n) is 3.70. The van der Waals surface area contributed by atoms with Gasteiger partial charge in [0.2, 0.25) is 0 Å². The van der Waals surface area contributed by atoms with Gasteiger partial charge < -0.3 is 15.5 Å². The van der Waals surface area contributed by atoms with Crippen LogP contribution in [0.3, 0.4) is 0 Å². The summed E-state index contributed by atoms with van der Waals surface area (Å²) in [6.45, 7) is 1.25. The topological polar surface area (TPSA) is 87.4 Å². The molecule has 0 spiro atoms. The van der Waals surface area contributed by atoms with Crippen LogP contribution in [0.25, 0.3) is 16.6 Å². The third kappa shape index (κ3) is 2.73. The Morgan fingerprint density at radius 3 is 2.59 bits per heavy atom. The number of carboxylic acids is 1. The number of nitrogens with zero attached hydrogens (tertiary/aromatic N) is 2. The van der Waals surface area contributed by atoms with E-state index in [0.29, 0.717) is 42.4 Å². The predicted octanol–water partition coefficient (Wildman–Crippen LogP) is 2.72. The quantitative estimate of drug-likeness (QED) is 0.657. The molecule has 2 heterocycles. The van der Waals surface area contributed by atoms with Crippen LogP contribution in [0.5, 0.6) is 5.75 Å². The van der Waals surface area contributed by atoms with Gasteiger partial charge in [0.25, 0.3) is 0 Å². The smallest absolute Gasteiger partial charge is 0.314 e. The minimum Gasteiger partial charge on any atom is -0.505 e. The monoisotopic (exact) mass is 373 g/mol.